The summed E-state index contributed by atoms with van der Waals surface area (Å²) < 4.78 is 0. The van der Waals surface area contributed by atoms with Crippen molar-refractivity contribution in [3.8, 4) is 0 Å². The van der Waals surface area contributed by atoms with Gasteiger partial charge in [0.05, 0.1) is 0 Å². The lowest BCUT2D eigenvalue weighted by Crippen LogP contribution is -2.60. The smallest absolute Gasteiger partial charge is 0.0274 e. The quantitative estimate of drug-likeness (QED) is 0.586. The molecular formula is C22H26NP. The molecule has 0 N–H and O–H groups in total. The summed E-state index contributed by atoms with van der Waals surface area (Å²) >= 11 is 0. The van der Waals surface area contributed by atoms with E-state index in [0.29, 0.717) is 17.1 Å². The highest BCUT2D eigenvalue weighted by Crippen LogP contribution is 2.71. The van der Waals surface area contributed by atoms with Crippen LogP contribution in [0.3, 0.4) is 0 Å². The molecule has 0 radical (unpaired) electrons. The van der Waals surface area contributed by atoms with Gasteiger partial charge in [-0.05, 0) is 52.4 Å². The summed E-state index contributed by atoms with van der Waals surface area (Å²) in [6, 6.07) is 23.1. The number of allylic oxidation sites excluding steroid dienone is 1. The summed E-state index contributed by atoms with van der Waals surface area (Å²) in [5.74, 6) is 0.669. The molecule has 0 bridgehead atoms. The molecule has 0 aromatic heterocycles. The summed E-state index contributed by atoms with van der Waals surface area (Å²) in [5.41, 5.74) is 1.72. The summed E-state index contributed by atoms with van der Waals surface area (Å²) in [5, 5.41) is 3.45. The predicted octanol–water partition coefficient (Wildman–Crippen LogP) is 4.16. The van der Waals surface area contributed by atoms with Gasteiger partial charge in [0.2, 0.25) is 0 Å². The highest BCUT2D eigenvalue weighted by atomic mass is 31.1. The molecule has 0 heterocycles. The molecule has 0 saturated heterocycles. The van der Waals surface area contributed by atoms with E-state index in [2.05, 4.69) is 92.7 Å². The fourth-order valence-corrected chi connectivity index (χ4v) is 7.98. The second-order valence-electron chi connectivity index (χ2n) is 7.35. The molecule has 124 valence electrons. The highest BCUT2D eigenvalue weighted by Gasteiger charge is 2.60. The van der Waals surface area contributed by atoms with Crippen LogP contribution in [0, 0.1) is 5.92 Å². The zero-order valence-corrected chi connectivity index (χ0v) is 15.7. The van der Waals surface area contributed by atoms with E-state index in [1.54, 1.807) is 5.57 Å². The van der Waals surface area contributed by atoms with Gasteiger partial charge in [0.1, 0.15) is 0 Å². The Kier molecular flexibility index (Phi) is 4.11. The lowest BCUT2D eigenvalue weighted by Gasteiger charge is -2.63. The van der Waals surface area contributed by atoms with Crippen LogP contribution in [-0.4, -0.2) is 30.2 Å². The van der Waals surface area contributed by atoms with Crippen LogP contribution in [0.2, 0.25) is 0 Å². The molecule has 1 fully saturated rings. The minimum atomic E-state index is -0.351. The zero-order chi connectivity index (χ0) is 16.7. The van der Waals surface area contributed by atoms with Gasteiger partial charge in [-0.1, -0.05) is 72.3 Å². The normalized spacial score (nSPS) is 26.4. The van der Waals surface area contributed by atoms with E-state index >= 15 is 0 Å². The number of hydrogen-bond donors (Lipinski definition) is 0. The van der Waals surface area contributed by atoms with E-state index in [1.165, 1.54) is 23.5 Å². The number of fused-ring (bicyclic) bond motifs is 1. The molecule has 4 rings (SSSR count). The predicted molar refractivity (Wildman–Crippen MR) is 106 cm³/mol. The topological polar surface area (TPSA) is 3.24 Å². The summed E-state index contributed by atoms with van der Waals surface area (Å²) in [6.07, 6.45) is 5.22. The number of hydrogen-bond acceptors (Lipinski definition) is 1. The Balaban J connectivity index is 1.81. The summed E-state index contributed by atoms with van der Waals surface area (Å²) in [7, 11) is 4.09. The van der Waals surface area contributed by atoms with Crippen molar-refractivity contribution >= 4 is 18.5 Å². The Morgan fingerprint density at radius 1 is 0.958 bits per heavy atom. The molecule has 2 aliphatic carbocycles. The Morgan fingerprint density at radius 2 is 1.50 bits per heavy atom. The third-order valence-corrected chi connectivity index (χ3v) is 9.26. The SMILES string of the molecule is C[C@H](C1C=C2CCC21P(c1ccccc1)c1ccccc1)N(C)C. The minimum absolute atomic E-state index is 0.351. The molecule has 0 amide bonds. The second-order valence-corrected chi connectivity index (χ2v) is 9.85. The number of rotatable bonds is 5. The van der Waals surface area contributed by atoms with E-state index in [1.807, 2.05) is 0 Å². The second kappa shape index (κ2) is 6.14. The van der Waals surface area contributed by atoms with Gasteiger partial charge < -0.3 is 4.90 Å². The first-order valence-electron chi connectivity index (χ1n) is 8.92. The van der Waals surface area contributed by atoms with Crippen LogP contribution < -0.4 is 10.6 Å². The van der Waals surface area contributed by atoms with Gasteiger partial charge >= 0.3 is 0 Å². The van der Waals surface area contributed by atoms with Crippen LogP contribution in [0.25, 0.3) is 0 Å². The molecule has 2 heteroatoms. The Labute approximate surface area is 147 Å². The average molecular weight is 335 g/mol. The van der Waals surface area contributed by atoms with Crippen molar-refractivity contribution in [3.63, 3.8) is 0 Å². The van der Waals surface area contributed by atoms with Crippen molar-refractivity contribution in [2.45, 2.75) is 31.0 Å². The fraction of sp³-hybridized carbons (Fsp3) is 0.364. The van der Waals surface area contributed by atoms with E-state index in [-0.39, 0.29) is 7.92 Å². The standard InChI is InChI=1S/C22H26NP/c1-17(23(2)3)21-16-18-14-15-22(18,21)24(19-10-6-4-7-11-19)20-12-8-5-9-13-20/h4-13,16-17,21H,14-15H2,1-3H3/t17-,21?,22?/m1/s1. The zero-order valence-electron chi connectivity index (χ0n) is 14.8. The van der Waals surface area contributed by atoms with Crippen LogP contribution in [0.1, 0.15) is 19.8 Å². The third-order valence-electron chi connectivity index (χ3n) is 6.03. The average Bonchev–Trinajstić information content (AvgIpc) is 2.61. The van der Waals surface area contributed by atoms with Crippen LogP contribution in [-0.2, 0) is 0 Å². The van der Waals surface area contributed by atoms with E-state index in [0.717, 1.165) is 0 Å². The molecule has 2 unspecified atom stereocenters. The molecule has 24 heavy (non-hydrogen) atoms. The van der Waals surface area contributed by atoms with E-state index in [9.17, 15) is 0 Å². The first-order chi connectivity index (χ1) is 11.6. The maximum atomic E-state index is 2.58. The number of benzene rings is 2. The Hall–Kier alpha value is -1.43. The Morgan fingerprint density at radius 3 is 1.88 bits per heavy atom. The lowest BCUT2D eigenvalue weighted by molar-refractivity contribution is 0.179. The van der Waals surface area contributed by atoms with Gasteiger partial charge in [-0.25, -0.2) is 0 Å². The maximum absolute atomic E-state index is 2.58. The van der Waals surface area contributed by atoms with Crippen molar-refractivity contribution in [1.82, 2.24) is 4.90 Å². The van der Waals surface area contributed by atoms with Gasteiger partial charge in [0.15, 0.2) is 0 Å². The highest BCUT2D eigenvalue weighted by molar-refractivity contribution is 7.74. The molecule has 0 aliphatic heterocycles. The van der Waals surface area contributed by atoms with Gasteiger partial charge in [0, 0.05) is 17.1 Å². The van der Waals surface area contributed by atoms with Crippen molar-refractivity contribution in [2.75, 3.05) is 14.1 Å². The fourth-order valence-electron chi connectivity index (χ4n) is 4.42. The summed E-state index contributed by atoms with van der Waals surface area (Å²) in [4.78, 5) is 2.39. The molecule has 1 saturated carbocycles. The molecule has 2 aromatic rings. The summed E-state index contributed by atoms with van der Waals surface area (Å²) in [6.45, 7) is 2.39. The third kappa shape index (κ3) is 2.30. The minimum Gasteiger partial charge on any atom is -0.306 e. The van der Waals surface area contributed by atoms with Crippen LogP contribution in [0.5, 0.6) is 0 Å². The van der Waals surface area contributed by atoms with Crippen molar-refractivity contribution in [2.24, 2.45) is 5.92 Å². The maximum Gasteiger partial charge on any atom is 0.0274 e. The van der Waals surface area contributed by atoms with Crippen LogP contribution in [0.4, 0.5) is 0 Å². The largest absolute Gasteiger partial charge is 0.306 e. The molecule has 2 aromatic carbocycles. The Bertz CT molecular complexity index is 698. The molecule has 3 atom stereocenters. The van der Waals surface area contributed by atoms with Gasteiger partial charge in [-0.15, -0.1) is 0 Å². The van der Waals surface area contributed by atoms with Crippen molar-refractivity contribution in [1.29, 1.82) is 0 Å². The molecule has 0 spiro atoms. The van der Waals surface area contributed by atoms with E-state index < -0.39 is 0 Å². The monoisotopic (exact) mass is 335 g/mol. The molecule has 1 nitrogen and oxygen atoms in total. The van der Waals surface area contributed by atoms with Gasteiger partial charge in [-0.2, -0.15) is 0 Å². The first kappa shape index (κ1) is 16.1. The van der Waals surface area contributed by atoms with Crippen LogP contribution >= 0.6 is 7.92 Å². The molecular weight excluding hydrogens is 309 g/mol. The van der Waals surface area contributed by atoms with Crippen molar-refractivity contribution < 1.29 is 0 Å². The van der Waals surface area contributed by atoms with Gasteiger partial charge in [-0.3, -0.25) is 0 Å². The number of nitrogens with zero attached hydrogens (tertiary/aromatic N) is 1. The van der Waals surface area contributed by atoms with E-state index in [4.69, 9.17) is 0 Å². The van der Waals surface area contributed by atoms with Crippen molar-refractivity contribution in [3.05, 3.63) is 72.3 Å². The molecule has 2 aliphatic rings. The van der Waals surface area contributed by atoms with Crippen LogP contribution in [0.15, 0.2) is 72.3 Å². The lowest BCUT2D eigenvalue weighted by atomic mass is 9.59. The van der Waals surface area contributed by atoms with Gasteiger partial charge in [0.25, 0.3) is 0 Å². The first-order valence-corrected chi connectivity index (χ1v) is 10.3.